The molecule has 0 radical (unpaired) electrons. The van der Waals surface area contributed by atoms with Crippen LogP contribution in [0.5, 0.6) is 0 Å². The average Bonchev–Trinajstić information content (AvgIpc) is 2.28. The molecule has 2 N–H and O–H groups in total. The van der Waals surface area contributed by atoms with E-state index in [9.17, 15) is 0 Å². The molecule has 0 amide bonds. The van der Waals surface area contributed by atoms with Crippen molar-refractivity contribution in [1.82, 2.24) is 0 Å². The van der Waals surface area contributed by atoms with Gasteiger partial charge in [-0.05, 0) is 12.8 Å². The van der Waals surface area contributed by atoms with Gasteiger partial charge in [0.2, 0.25) is 0 Å². The predicted molar refractivity (Wildman–Crippen MR) is 61.4 cm³/mol. The van der Waals surface area contributed by atoms with Crippen LogP contribution in [-0.4, -0.2) is 10.2 Å². The van der Waals surface area contributed by atoms with Crippen molar-refractivity contribution in [3.63, 3.8) is 0 Å². The molecular formula is C12H22O3. The van der Waals surface area contributed by atoms with Crippen molar-refractivity contribution in [1.29, 1.82) is 0 Å². The Bertz CT molecular complexity index is 207. The fraction of sp³-hybridized carbons (Fsp3) is 0.667. The van der Waals surface area contributed by atoms with Crippen molar-refractivity contribution in [2.24, 2.45) is 11.8 Å². The molecule has 2 unspecified atom stereocenters. The molecule has 0 heterocycles. The maximum absolute atomic E-state index is 9.03. The van der Waals surface area contributed by atoms with E-state index in [-0.39, 0.29) is 11.8 Å². The van der Waals surface area contributed by atoms with Crippen LogP contribution in [0.4, 0.5) is 0 Å². The van der Waals surface area contributed by atoms with Crippen LogP contribution in [0.25, 0.3) is 0 Å². The standard InChI is InChI=1S/C12H22O3/c1-5-9(3)11(7-13)15-12(8-14)10(4)6-2/h7-10,13-14H,5-6H2,1-4H3. The first-order valence-electron chi connectivity index (χ1n) is 5.46. The number of rotatable bonds is 6. The summed E-state index contributed by atoms with van der Waals surface area (Å²) < 4.78 is 5.48. The van der Waals surface area contributed by atoms with Crippen LogP contribution in [0, 0.1) is 11.8 Å². The van der Waals surface area contributed by atoms with Crippen LogP contribution in [0.1, 0.15) is 40.5 Å². The fourth-order valence-corrected chi connectivity index (χ4v) is 1.05. The average molecular weight is 214 g/mol. The second kappa shape index (κ2) is 7.21. The van der Waals surface area contributed by atoms with E-state index in [1.165, 1.54) is 0 Å². The van der Waals surface area contributed by atoms with Crippen molar-refractivity contribution >= 4 is 0 Å². The Balaban J connectivity index is 4.54. The number of aliphatic hydroxyl groups excluding tert-OH is 2. The smallest absolute Gasteiger partial charge is 0.141 e. The third-order valence-corrected chi connectivity index (χ3v) is 2.69. The predicted octanol–water partition coefficient (Wildman–Crippen LogP) is 3.89. The van der Waals surface area contributed by atoms with Crippen LogP contribution >= 0.6 is 0 Å². The maximum Gasteiger partial charge on any atom is 0.141 e. The third-order valence-electron chi connectivity index (χ3n) is 2.69. The Kier molecular flexibility index (Phi) is 6.67. The van der Waals surface area contributed by atoms with Crippen LogP contribution in [0.15, 0.2) is 24.0 Å². The molecule has 0 aromatic rings. The number of aliphatic hydroxyl groups is 2. The van der Waals surface area contributed by atoms with Gasteiger partial charge in [-0.3, -0.25) is 0 Å². The van der Waals surface area contributed by atoms with E-state index in [1.807, 2.05) is 27.7 Å². The van der Waals surface area contributed by atoms with Gasteiger partial charge in [0.1, 0.15) is 24.0 Å². The van der Waals surface area contributed by atoms with E-state index >= 15 is 0 Å². The molecule has 0 aliphatic carbocycles. The van der Waals surface area contributed by atoms with Crippen molar-refractivity contribution < 1.29 is 14.9 Å². The minimum atomic E-state index is 0.147. The lowest BCUT2D eigenvalue weighted by Crippen LogP contribution is -2.08. The highest BCUT2D eigenvalue weighted by Gasteiger charge is 2.15. The van der Waals surface area contributed by atoms with E-state index < -0.39 is 0 Å². The molecular weight excluding hydrogens is 192 g/mol. The largest absolute Gasteiger partial charge is 0.512 e. The molecule has 3 nitrogen and oxygen atoms in total. The molecule has 0 bridgehead atoms. The Morgan fingerprint density at radius 2 is 1.33 bits per heavy atom. The van der Waals surface area contributed by atoms with Crippen LogP contribution in [0.2, 0.25) is 0 Å². The zero-order chi connectivity index (χ0) is 11.8. The Morgan fingerprint density at radius 3 is 1.53 bits per heavy atom. The molecule has 15 heavy (non-hydrogen) atoms. The van der Waals surface area contributed by atoms with Gasteiger partial charge in [-0.1, -0.05) is 27.7 Å². The summed E-state index contributed by atoms with van der Waals surface area (Å²) >= 11 is 0. The topological polar surface area (TPSA) is 49.7 Å². The summed E-state index contributed by atoms with van der Waals surface area (Å²) in [5, 5.41) is 18.1. The van der Waals surface area contributed by atoms with Crippen molar-refractivity contribution in [3.8, 4) is 0 Å². The molecule has 0 saturated carbocycles. The lowest BCUT2D eigenvalue weighted by atomic mass is 10.1. The molecule has 0 rings (SSSR count). The Labute approximate surface area is 92.1 Å². The van der Waals surface area contributed by atoms with Crippen molar-refractivity contribution in [2.75, 3.05) is 0 Å². The van der Waals surface area contributed by atoms with Gasteiger partial charge in [0, 0.05) is 11.8 Å². The minimum Gasteiger partial charge on any atom is -0.512 e. The van der Waals surface area contributed by atoms with Gasteiger partial charge in [0.05, 0.1) is 0 Å². The molecule has 0 saturated heterocycles. The zero-order valence-electron chi connectivity index (χ0n) is 10.0. The summed E-state index contributed by atoms with van der Waals surface area (Å²) in [6.07, 6.45) is 3.71. The van der Waals surface area contributed by atoms with Gasteiger partial charge < -0.3 is 14.9 Å². The second-order valence-electron chi connectivity index (χ2n) is 3.78. The van der Waals surface area contributed by atoms with Crippen LogP contribution in [-0.2, 0) is 4.74 Å². The summed E-state index contributed by atoms with van der Waals surface area (Å²) in [5.41, 5.74) is 0. The Morgan fingerprint density at radius 1 is 1.00 bits per heavy atom. The maximum atomic E-state index is 9.03. The molecule has 2 atom stereocenters. The highest BCUT2D eigenvalue weighted by Crippen LogP contribution is 2.23. The first kappa shape index (κ1) is 13.9. The first-order chi connectivity index (χ1) is 7.10. The van der Waals surface area contributed by atoms with Gasteiger partial charge in [-0.25, -0.2) is 0 Å². The summed E-state index contributed by atoms with van der Waals surface area (Å²) in [6, 6.07) is 0. The molecule has 3 heteroatoms. The van der Waals surface area contributed by atoms with Crippen molar-refractivity contribution in [2.45, 2.75) is 40.5 Å². The number of hydrogen-bond acceptors (Lipinski definition) is 3. The molecule has 0 aromatic heterocycles. The van der Waals surface area contributed by atoms with Gasteiger partial charge in [0.25, 0.3) is 0 Å². The highest BCUT2D eigenvalue weighted by atomic mass is 16.5. The third kappa shape index (κ3) is 4.28. The van der Waals surface area contributed by atoms with Crippen LogP contribution < -0.4 is 0 Å². The quantitative estimate of drug-likeness (QED) is 0.659. The van der Waals surface area contributed by atoms with Crippen LogP contribution in [0.3, 0.4) is 0 Å². The molecule has 88 valence electrons. The summed E-state index contributed by atoms with van der Waals surface area (Å²) in [5.74, 6) is 1.29. The van der Waals surface area contributed by atoms with E-state index in [1.54, 1.807) is 0 Å². The fourth-order valence-electron chi connectivity index (χ4n) is 1.05. The van der Waals surface area contributed by atoms with E-state index in [4.69, 9.17) is 14.9 Å². The summed E-state index contributed by atoms with van der Waals surface area (Å²) in [4.78, 5) is 0. The van der Waals surface area contributed by atoms with Gasteiger partial charge >= 0.3 is 0 Å². The Hall–Kier alpha value is -1.12. The normalized spacial score (nSPS) is 17.3. The monoisotopic (exact) mass is 214 g/mol. The van der Waals surface area contributed by atoms with E-state index in [0.717, 1.165) is 25.4 Å². The molecule has 0 fully saturated rings. The lowest BCUT2D eigenvalue weighted by molar-refractivity contribution is 0.195. The lowest BCUT2D eigenvalue weighted by Gasteiger charge is -2.19. The molecule has 0 aliphatic rings. The molecule has 0 aliphatic heterocycles. The number of ether oxygens (including phenoxy) is 1. The number of allylic oxidation sites excluding steroid dienone is 2. The zero-order valence-corrected chi connectivity index (χ0v) is 10.0. The molecule has 0 spiro atoms. The van der Waals surface area contributed by atoms with Crippen molar-refractivity contribution in [3.05, 3.63) is 24.0 Å². The molecule has 0 aromatic carbocycles. The highest BCUT2D eigenvalue weighted by molar-refractivity contribution is 5.02. The SMILES string of the molecule is CCC(C)C(=CO)OC(=CO)C(C)CC. The van der Waals surface area contributed by atoms with Gasteiger partial charge in [0.15, 0.2) is 0 Å². The minimum absolute atomic E-state index is 0.147. The first-order valence-corrected chi connectivity index (χ1v) is 5.46. The summed E-state index contributed by atoms with van der Waals surface area (Å²) in [7, 11) is 0. The van der Waals surface area contributed by atoms with Gasteiger partial charge in [-0.15, -0.1) is 0 Å². The second-order valence-corrected chi connectivity index (χ2v) is 3.78. The summed E-state index contributed by atoms with van der Waals surface area (Å²) in [6.45, 7) is 7.97. The van der Waals surface area contributed by atoms with E-state index in [2.05, 4.69) is 0 Å². The number of hydrogen-bond donors (Lipinski definition) is 2. The van der Waals surface area contributed by atoms with E-state index in [0.29, 0.717) is 11.5 Å². The van der Waals surface area contributed by atoms with Gasteiger partial charge in [-0.2, -0.15) is 0 Å².